The molecule has 1 heterocycles. The first kappa shape index (κ1) is 13.8. The van der Waals surface area contributed by atoms with Crippen LogP contribution in [0.15, 0.2) is 48.5 Å². The molecule has 0 unspecified atom stereocenters. The zero-order valence-electron chi connectivity index (χ0n) is 11.9. The van der Waals surface area contributed by atoms with E-state index in [1.54, 1.807) is 12.1 Å². The molecule has 0 aliphatic carbocycles. The van der Waals surface area contributed by atoms with Crippen molar-refractivity contribution in [2.24, 2.45) is 0 Å². The molecule has 0 saturated heterocycles. The second-order valence-corrected chi connectivity index (χ2v) is 5.54. The van der Waals surface area contributed by atoms with E-state index in [9.17, 15) is 4.79 Å². The number of carbonyl (C=O) groups is 1. The Morgan fingerprint density at radius 2 is 1.76 bits per heavy atom. The normalized spacial score (nSPS) is 10.8. The number of benzene rings is 2. The maximum absolute atomic E-state index is 12.6. The average Bonchev–Trinajstić information content (AvgIpc) is 2.49. The molecule has 21 heavy (non-hydrogen) atoms. The zero-order valence-corrected chi connectivity index (χ0v) is 12.6. The Morgan fingerprint density at radius 1 is 1.00 bits per heavy atom. The van der Waals surface area contributed by atoms with Crippen molar-refractivity contribution in [1.29, 1.82) is 0 Å². The van der Waals surface area contributed by atoms with E-state index in [-0.39, 0.29) is 5.78 Å². The number of aryl methyl sites for hydroxylation is 2. The molecule has 2 nitrogen and oxygen atoms in total. The summed E-state index contributed by atoms with van der Waals surface area (Å²) >= 11 is 6.10. The predicted octanol–water partition coefficient (Wildman–Crippen LogP) is 4.74. The summed E-state index contributed by atoms with van der Waals surface area (Å²) in [6.07, 6.45) is 0. The van der Waals surface area contributed by atoms with Crippen LogP contribution in [-0.4, -0.2) is 10.8 Å². The van der Waals surface area contributed by atoms with Crippen molar-refractivity contribution in [2.75, 3.05) is 0 Å². The molecule has 2 aromatic carbocycles. The molecule has 0 N–H and O–H groups in total. The summed E-state index contributed by atoms with van der Waals surface area (Å²) in [5.74, 6) is -0.106. The topological polar surface area (TPSA) is 30.0 Å². The molecule has 3 rings (SSSR count). The molecule has 0 fully saturated rings. The van der Waals surface area contributed by atoms with Gasteiger partial charge in [0.1, 0.15) is 5.69 Å². The molecule has 3 aromatic rings. The molecular weight excluding hydrogens is 282 g/mol. The summed E-state index contributed by atoms with van der Waals surface area (Å²) in [5, 5.41) is 1.66. The van der Waals surface area contributed by atoms with Gasteiger partial charge in [-0.2, -0.15) is 0 Å². The van der Waals surface area contributed by atoms with Gasteiger partial charge in [0.05, 0.1) is 5.52 Å². The first-order chi connectivity index (χ1) is 10.1. The number of hydrogen-bond acceptors (Lipinski definition) is 2. The second kappa shape index (κ2) is 5.30. The minimum atomic E-state index is -0.106. The Balaban J connectivity index is 2.11. The Hall–Kier alpha value is -2.19. The van der Waals surface area contributed by atoms with Crippen LogP contribution < -0.4 is 0 Å². The lowest BCUT2D eigenvalue weighted by molar-refractivity contribution is 0.103. The molecule has 0 aliphatic heterocycles. The smallest absolute Gasteiger partial charge is 0.211 e. The number of pyridine rings is 1. The van der Waals surface area contributed by atoms with Gasteiger partial charge in [-0.1, -0.05) is 41.9 Å². The summed E-state index contributed by atoms with van der Waals surface area (Å²) in [5.41, 5.74) is 3.84. The summed E-state index contributed by atoms with van der Waals surface area (Å²) < 4.78 is 0. The van der Waals surface area contributed by atoms with Gasteiger partial charge in [0.2, 0.25) is 5.78 Å². The van der Waals surface area contributed by atoms with E-state index in [0.717, 1.165) is 22.0 Å². The van der Waals surface area contributed by atoms with Gasteiger partial charge in [0.25, 0.3) is 0 Å². The number of fused-ring (bicyclic) bond motifs is 1. The highest BCUT2D eigenvalue weighted by atomic mass is 35.5. The molecule has 0 amide bonds. The average molecular weight is 296 g/mol. The van der Waals surface area contributed by atoms with Gasteiger partial charge >= 0.3 is 0 Å². The van der Waals surface area contributed by atoms with Gasteiger partial charge in [-0.3, -0.25) is 4.79 Å². The first-order valence-electron chi connectivity index (χ1n) is 6.73. The van der Waals surface area contributed by atoms with Crippen LogP contribution in [0.1, 0.15) is 27.2 Å². The molecule has 3 heteroatoms. The maximum atomic E-state index is 12.6. The summed E-state index contributed by atoms with van der Waals surface area (Å²) in [4.78, 5) is 17.1. The van der Waals surface area contributed by atoms with E-state index >= 15 is 0 Å². The van der Waals surface area contributed by atoms with Crippen LogP contribution in [-0.2, 0) is 0 Å². The van der Waals surface area contributed by atoms with E-state index in [0.29, 0.717) is 16.3 Å². The van der Waals surface area contributed by atoms with Crippen LogP contribution >= 0.6 is 11.6 Å². The minimum Gasteiger partial charge on any atom is -0.287 e. The molecule has 0 spiro atoms. The molecule has 0 saturated carbocycles. The third-order valence-electron chi connectivity index (χ3n) is 3.59. The summed E-state index contributed by atoms with van der Waals surface area (Å²) in [6.45, 7) is 3.90. The number of para-hydroxylation sites is 1. The number of ketones is 1. The van der Waals surface area contributed by atoms with Gasteiger partial charge in [0, 0.05) is 16.0 Å². The van der Waals surface area contributed by atoms with Crippen molar-refractivity contribution >= 4 is 28.3 Å². The SMILES string of the molecule is Cc1ccc(C(=O)c2cc(C)c3ccccc3n2)cc1Cl. The summed E-state index contributed by atoms with van der Waals surface area (Å²) in [6, 6.07) is 15.0. The van der Waals surface area contributed by atoms with Crippen LogP contribution in [0, 0.1) is 13.8 Å². The largest absolute Gasteiger partial charge is 0.287 e. The fraction of sp³-hybridized carbons (Fsp3) is 0.111. The molecule has 1 aromatic heterocycles. The predicted molar refractivity (Wildman–Crippen MR) is 86.1 cm³/mol. The number of nitrogens with zero attached hydrogens (tertiary/aromatic N) is 1. The van der Waals surface area contributed by atoms with Gasteiger partial charge in [-0.05, 0) is 43.2 Å². The fourth-order valence-electron chi connectivity index (χ4n) is 2.35. The van der Waals surface area contributed by atoms with Gasteiger partial charge < -0.3 is 0 Å². The lowest BCUT2D eigenvalue weighted by atomic mass is 10.0. The Kier molecular flexibility index (Phi) is 3.48. The quantitative estimate of drug-likeness (QED) is 0.639. The number of hydrogen-bond donors (Lipinski definition) is 0. The van der Waals surface area contributed by atoms with Crippen LogP contribution in [0.4, 0.5) is 0 Å². The van der Waals surface area contributed by atoms with Crippen LogP contribution in [0.3, 0.4) is 0 Å². The van der Waals surface area contributed by atoms with Crippen LogP contribution in [0.25, 0.3) is 10.9 Å². The lowest BCUT2D eigenvalue weighted by Crippen LogP contribution is -2.05. The monoisotopic (exact) mass is 295 g/mol. The first-order valence-corrected chi connectivity index (χ1v) is 7.11. The zero-order chi connectivity index (χ0) is 15.0. The number of carbonyl (C=O) groups excluding carboxylic acids is 1. The van der Waals surface area contributed by atoms with Gasteiger partial charge in [-0.25, -0.2) is 4.98 Å². The Morgan fingerprint density at radius 3 is 2.52 bits per heavy atom. The minimum absolute atomic E-state index is 0.106. The maximum Gasteiger partial charge on any atom is 0.211 e. The highest BCUT2D eigenvalue weighted by Gasteiger charge is 2.13. The van der Waals surface area contributed by atoms with E-state index in [2.05, 4.69) is 4.98 Å². The third-order valence-corrected chi connectivity index (χ3v) is 4.00. The Labute approximate surface area is 128 Å². The van der Waals surface area contributed by atoms with Crippen molar-refractivity contribution in [3.8, 4) is 0 Å². The molecule has 0 atom stereocenters. The molecule has 0 bridgehead atoms. The number of rotatable bonds is 2. The van der Waals surface area contributed by atoms with Crippen LogP contribution in [0.5, 0.6) is 0 Å². The van der Waals surface area contributed by atoms with Crippen molar-refractivity contribution in [1.82, 2.24) is 4.98 Å². The van der Waals surface area contributed by atoms with Gasteiger partial charge in [0.15, 0.2) is 0 Å². The van der Waals surface area contributed by atoms with E-state index in [1.807, 2.05) is 50.2 Å². The molecule has 0 aliphatic rings. The number of aromatic nitrogens is 1. The highest BCUT2D eigenvalue weighted by molar-refractivity contribution is 6.31. The van der Waals surface area contributed by atoms with E-state index < -0.39 is 0 Å². The Bertz CT molecular complexity index is 855. The van der Waals surface area contributed by atoms with Crippen molar-refractivity contribution in [3.05, 3.63) is 75.9 Å². The van der Waals surface area contributed by atoms with Crippen molar-refractivity contribution in [2.45, 2.75) is 13.8 Å². The summed E-state index contributed by atoms with van der Waals surface area (Å²) in [7, 11) is 0. The molecular formula is C18H14ClNO. The lowest BCUT2D eigenvalue weighted by Gasteiger charge is -2.07. The van der Waals surface area contributed by atoms with E-state index in [1.165, 1.54) is 0 Å². The fourth-order valence-corrected chi connectivity index (χ4v) is 2.53. The van der Waals surface area contributed by atoms with Crippen molar-refractivity contribution < 1.29 is 4.79 Å². The van der Waals surface area contributed by atoms with Crippen LogP contribution in [0.2, 0.25) is 5.02 Å². The highest BCUT2D eigenvalue weighted by Crippen LogP contribution is 2.21. The van der Waals surface area contributed by atoms with Gasteiger partial charge in [-0.15, -0.1) is 0 Å². The van der Waals surface area contributed by atoms with Crippen molar-refractivity contribution in [3.63, 3.8) is 0 Å². The third kappa shape index (κ3) is 2.55. The number of halogens is 1. The standard InChI is InChI=1S/C18H14ClNO/c1-11-7-8-13(10-15(11)19)18(21)17-9-12(2)14-5-3-4-6-16(14)20-17/h3-10H,1-2H3. The molecule has 104 valence electrons. The van der Waals surface area contributed by atoms with E-state index in [4.69, 9.17) is 11.6 Å². The molecule has 0 radical (unpaired) electrons. The second-order valence-electron chi connectivity index (χ2n) is 5.13.